The Morgan fingerprint density at radius 3 is 2.70 bits per heavy atom. The lowest BCUT2D eigenvalue weighted by Crippen LogP contribution is -2.32. The highest BCUT2D eigenvalue weighted by Gasteiger charge is 2.25. The van der Waals surface area contributed by atoms with Gasteiger partial charge in [-0.05, 0) is 32.4 Å². The first-order valence-corrected chi connectivity index (χ1v) is 7.71. The summed E-state index contributed by atoms with van der Waals surface area (Å²) in [6.07, 6.45) is 0.723. The van der Waals surface area contributed by atoms with Gasteiger partial charge in [-0.25, -0.2) is 0 Å². The maximum Gasteiger partial charge on any atom is 0.268 e. The number of H-pyrrole nitrogens is 1. The number of Topliss-reactive ketones (excluding diaryl/α,β-unsaturated/α-hetero) is 1. The SMILES string of the molecule is CC(=O)c1c(C)[nH]c(C(=O)N[C@@H]2CCOc3ccccc32)c1C. The standard InChI is InChI=1S/C18H20N2O3/c1-10-16(12(3)21)11(2)19-17(10)18(22)20-14-8-9-23-15-7-5-4-6-13(14)15/h4-7,14,19H,8-9H2,1-3H3,(H,20,22)/t14-/m1/s1. The number of hydrogen-bond acceptors (Lipinski definition) is 3. The fourth-order valence-electron chi connectivity index (χ4n) is 3.23. The topological polar surface area (TPSA) is 71.2 Å². The molecular formula is C18H20N2O3. The minimum atomic E-state index is -0.195. The van der Waals surface area contributed by atoms with E-state index in [1.165, 1.54) is 6.92 Å². The average molecular weight is 312 g/mol. The Balaban J connectivity index is 1.87. The largest absolute Gasteiger partial charge is 0.493 e. The van der Waals surface area contributed by atoms with Crippen molar-refractivity contribution in [2.24, 2.45) is 0 Å². The van der Waals surface area contributed by atoms with Gasteiger partial charge in [0, 0.05) is 23.2 Å². The first kappa shape index (κ1) is 15.3. The van der Waals surface area contributed by atoms with Gasteiger partial charge in [0.25, 0.3) is 5.91 Å². The highest BCUT2D eigenvalue weighted by Crippen LogP contribution is 2.32. The van der Waals surface area contributed by atoms with Crippen LogP contribution in [0.4, 0.5) is 0 Å². The van der Waals surface area contributed by atoms with E-state index in [1.54, 1.807) is 6.92 Å². The summed E-state index contributed by atoms with van der Waals surface area (Å²) in [7, 11) is 0. The number of fused-ring (bicyclic) bond motifs is 1. The van der Waals surface area contributed by atoms with Gasteiger partial charge in [0.1, 0.15) is 11.4 Å². The van der Waals surface area contributed by atoms with Crippen molar-refractivity contribution in [3.05, 3.63) is 52.3 Å². The highest BCUT2D eigenvalue weighted by molar-refractivity contribution is 6.02. The molecule has 23 heavy (non-hydrogen) atoms. The lowest BCUT2D eigenvalue weighted by atomic mass is 10.00. The fourth-order valence-corrected chi connectivity index (χ4v) is 3.23. The van der Waals surface area contributed by atoms with Crippen LogP contribution >= 0.6 is 0 Å². The first-order valence-electron chi connectivity index (χ1n) is 7.71. The van der Waals surface area contributed by atoms with Crippen molar-refractivity contribution in [1.82, 2.24) is 10.3 Å². The maximum atomic E-state index is 12.6. The Morgan fingerprint density at radius 2 is 2.00 bits per heavy atom. The van der Waals surface area contributed by atoms with Gasteiger partial charge in [-0.3, -0.25) is 9.59 Å². The summed E-state index contributed by atoms with van der Waals surface area (Å²) in [4.78, 5) is 27.4. The summed E-state index contributed by atoms with van der Waals surface area (Å²) >= 11 is 0. The summed E-state index contributed by atoms with van der Waals surface area (Å²) < 4.78 is 5.62. The Hall–Kier alpha value is -2.56. The third-order valence-electron chi connectivity index (χ3n) is 4.28. The van der Waals surface area contributed by atoms with E-state index in [4.69, 9.17) is 4.74 Å². The number of ether oxygens (including phenoxy) is 1. The number of benzene rings is 1. The molecule has 1 amide bonds. The zero-order valence-electron chi connectivity index (χ0n) is 13.5. The number of aromatic amines is 1. The zero-order valence-corrected chi connectivity index (χ0v) is 13.5. The summed E-state index contributed by atoms with van der Waals surface area (Å²) in [5.74, 6) is 0.583. The van der Waals surface area contributed by atoms with E-state index in [0.29, 0.717) is 23.4 Å². The van der Waals surface area contributed by atoms with Crippen LogP contribution in [0.15, 0.2) is 24.3 Å². The molecule has 1 atom stereocenters. The van der Waals surface area contributed by atoms with Gasteiger partial charge in [-0.1, -0.05) is 18.2 Å². The minimum absolute atomic E-state index is 0.0355. The molecule has 0 aliphatic carbocycles. The van der Waals surface area contributed by atoms with E-state index in [9.17, 15) is 9.59 Å². The zero-order chi connectivity index (χ0) is 16.6. The molecule has 0 fully saturated rings. The van der Waals surface area contributed by atoms with Crippen LogP contribution in [0, 0.1) is 13.8 Å². The van der Waals surface area contributed by atoms with Crippen molar-refractivity contribution in [1.29, 1.82) is 0 Å². The van der Waals surface area contributed by atoms with E-state index in [2.05, 4.69) is 10.3 Å². The van der Waals surface area contributed by atoms with Crippen LogP contribution in [-0.2, 0) is 0 Å². The molecule has 1 aliphatic rings. The van der Waals surface area contributed by atoms with E-state index in [0.717, 1.165) is 23.4 Å². The molecule has 3 rings (SSSR count). The number of nitrogens with one attached hydrogen (secondary N) is 2. The molecule has 2 N–H and O–H groups in total. The number of ketones is 1. The lowest BCUT2D eigenvalue weighted by Gasteiger charge is -2.26. The molecule has 0 bridgehead atoms. The van der Waals surface area contributed by atoms with Crippen LogP contribution in [0.2, 0.25) is 0 Å². The van der Waals surface area contributed by atoms with Crippen molar-refractivity contribution >= 4 is 11.7 Å². The molecule has 0 saturated heterocycles. The number of amides is 1. The second kappa shape index (κ2) is 5.91. The number of para-hydroxylation sites is 1. The molecule has 0 unspecified atom stereocenters. The third-order valence-corrected chi connectivity index (χ3v) is 4.28. The van der Waals surface area contributed by atoms with Crippen molar-refractivity contribution in [3.63, 3.8) is 0 Å². The predicted octanol–water partition coefficient (Wildman–Crippen LogP) is 3.09. The third kappa shape index (κ3) is 2.74. The number of aryl methyl sites for hydroxylation is 1. The quantitative estimate of drug-likeness (QED) is 0.856. The van der Waals surface area contributed by atoms with Crippen LogP contribution < -0.4 is 10.1 Å². The Kier molecular flexibility index (Phi) is 3.94. The first-order chi connectivity index (χ1) is 11.0. The lowest BCUT2D eigenvalue weighted by molar-refractivity contribution is 0.0919. The average Bonchev–Trinajstić information content (AvgIpc) is 2.82. The van der Waals surface area contributed by atoms with Crippen LogP contribution in [0.25, 0.3) is 0 Å². The Labute approximate surface area is 135 Å². The van der Waals surface area contributed by atoms with E-state index in [1.807, 2.05) is 31.2 Å². The summed E-state index contributed by atoms with van der Waals surface area (Å²) in [5.41, 5.74) is 3.47. The highest BCUT2D eigenvalue weighted by atomic mass is 16.5. The Bertz CT molecular complexity index is 777. The molecule has 5 nitrogen and oxygen atoms in total. The van der Waals surface area contributed by atoms with E-state index >= 15 is 0 Å². The summed E-state index contributed by atoms with van der Waals surface area (Å²) in [5, 5.41) is 3.05. The monoisotopic (exact) mass is 312 g/mol. The summed E-state index contributed by atoms with van der Waals surface area (Å²) in [6, 6.07) is 7.64. The minimum Gasteiger partial charge on any atom is -0.493 e. The van der Waals surface area contributed by atoms with Gasteiger partial charge in [0.2, 0.25) is 0 Å². The molecule has 2 aromatic rings. The van der Waals surface area contributed by atoms with Gasteiger partial charge in [-0.15, -0.1) is 0 Å². The molecule has 5 heteroatoms. The number of aromatic nitrogens is 1. The fraction of sp³-hybridized carbons (Fsp3) is 0.333. The van der Waals surface area contributed by atoms with Crippen LogP contribution in [0.1, 0.15) is 57.1 Å². The van der Waals surface area contributed by atoms with Gasteiger partial charge in [0.05, 0.1) is 12.6 Å². The van der Waals surface area contributed by atoms with Gasteiger partial charge < -0.3 is 15.0 Å². The normalized spacial score (nSPS) is 16.4. The van der Waals surface area contributed by atoms with Gasteiger partial charge in [0.15, 0.2) is 5.78 Å². The van der Waals surface area contributed by atoms with Crippen LogP contribution in [0.3, 0.4) is 0 Å². The van der Waals surface area contributed by atoms with Crippen molar-refractivity contribution in [2.45, 2.75) is 33.2 Å². The smallest absolute Gasteiger partial charge is 0.268 e. The molecule has 1 aliphatic heterocycles. The number of rotatable bonds is 3. The molecular weight excluding hydrogens is 292 g/mol. The number of hydrogen-bond donors (Lipinski definition) is 2. The maximum absolute atomic E-state index is 12.6. The molecule has 1 aromatic heterocycles. The summed E-state index contributed by atoms with van der Waals surface area (Å²) in [6.45, 7) is 5.69. The number of carbonyl (C=O) groups is 2. The van der Waals surface area contributed by atoms with Crippen molar-refractivity contribution in [3.8, 4) is 5.75 Å². The molecule has 0 saturated carbocycles. The Morgan fingerprint density at radius 1 is 1.26 bits per heavy atom. The molecule has 2 heterocycles. The molecule has 1 aromatic carbocycles. The van der Waals surface area contributed by atoms with Crippen molar-refractivity contribution < 1.29 is 14.3 Å². The van der Waals surface area contributed by atoms with Crippen LogP contribution in [-0.4, -0.2) is 23.3 Å². The second-order valence-electron chi connectivity index (χ2n) is 5.88. The molecule has 120 valence electrons. The molecule has 0 spiro atoms. The number of carbonyl (C=O) groups excluding carboxylic acids is 2. The van der Waals surface area contributed by atoms with Crippen molar-refractivity contribution in [2.75, 3.05) is 6.61 Å². The van der Waals surface area contributed by atoms with Gasteiger partial charge in [-0.2, -0.15) is 0 Å². The van der Waals surface area contributed by atoms with E-state index < -0.39 is 0 Å². The molecule has 0 radical (unpaired) electrons. The second-order valence-corrected chi connectivity index (χ2v) is 5.88. The van der Waals surface area contributed by atoms with Gasteiger partial charge >= 0.3 is 0 Å². The van der Waals surface area contributed by atoms with Crippen LogP contribution in [0.5, 0.6) is 5.75 Å². The van der Waals surface area contributed by atoms with E-state index in [-0.39, 0.29) is 17.7 Å². The predicted molar refractivity (Wildman–Crippen MR) is 87.0 cm³/mol.